The summed E-state index contributed by atoms with van der Waals surface area (Å²) in [7, 11) is -4.50. The highest BCUT2D eigenvalue weighted by Gasteiger charge is 2.26. The summed E-state index contributed by atoms with van der Waals surface area (Å²) in [4.78, 5) is 15.9. The standard InChI is InChI=1S/C27H27ClF2N6O3S2/c1-16(2)15-32-26-31-9-8-21(33-26)25-24(34-27(40-25)36-10-12-39-13-11-36)18-4-3-5-20(23(18)28)35-41(37,38)22-14-17(29)6-7-19(22)30/h3-9,14,16,35H,10-13,15H2,1-2H3,(H,31,32,33). The molecule has 5 rings (SSSR count). The normalized spacial score (nSPS) is 14.0. The van der Waals surface area contributed by atoms with Gasteiger partial charge < -0.3 is 15.0 Å². The number of hydrogen-bond acceptors (Lipinski definition) is 9. The van der Waals surface area contributed by atoms with E-state index in [0.717, 1.165) is 17.3 Å². The molecule has 2 aromatic heterocycles. The van der Waals surface area contributed by atoms with Crippen LogP contribution in [0.4, 0.5) is 25.5 Å². The van der Waals surface area contributed by atoms with Crippen molar-refractivity contribution in [2.75, 3.05) is 47.8 Å². The first kappa shape index (κ1) is 29.1. The van der Waals surface area contributed by atoms with Crippen molar-refractivity contribution >= 4 is 49.7 Å². The van der Waals surface area contributed by atoms with E-state index in [1.165, 1.54) is 17.4 Å². The van der Waals surface area contributed by atoms with Crippen molar-refractivity contribution in [1.29, 1.82) is 0 Å². The maximum atomic E-state index is 14.3. The molecule has 41 heavy (non-hydrogen) atoms. The molecule has 2 N–H and O–H groups in total. The minimum atomic E-state index is -4.50. The number of morpholine rings is 1. The molecule has 0 saturated carbocycles. The minimum Gasteiger partial charge on any atom is -0.378 e. The molecule has 0 bridgehead atoms. The SMILES string of the molecule is CC(C)CNc1nccc(-c2sc(N3CCOCC3)nc2-c2cccc(NS(=O)(=O)c3cc(F)ccc3F)c2Cl)n1. The van der Waals surface area contributed by atoms with E-state index in [4.69, 9.17) is 26.3 Å². The number of halogens is 3. The van der Waals surface area contributed by atoms with Crippen LogP contribution in [-0.2, 0) is 14.8 Å². The molecular formula is C27H27ClF2N6O3S2. The van der Waals surface area contributed by atoms with E-state index in [1.807, 2.05) is 0 Å². The van der Waals surface area contributed by atoms with Gasteiger partial charge in [-0.05, 0) is 36.2 Å². The van der Waals surface area contributed by atoms with Gasteiger partial charge in [0.1, 0.15) is 16.5 Å². The molecule has 0 amide bonds. The van der Waals surface area contributed by atoms with Crippen LogP contribution in [-0.4, -0.2) is 56.2 Å². The molecular weight excluding hydrogens is 594 g/mol. The number of nitrogens with zero attached hydrogens (tertiary/aromatic N) is 4. The average Bonchev–Trinajstić information content (AvgIpc) is 3.40. The van der Waals surface area contributed by atoms with Gasteiger partial charge in [-0.2, -0.15) is 0 Å². The zero-order valence-corrected chi connectivity index (χ0v) is 24.6. The van der Waals surface area contributed by atoms with Crippen molar-refractivity contribution in [3.63, 3.8) is 0 Å². The van der Waals surface area contributed by atoms with Crippen LogP contribution in [0.3, 0.4) is 0 Å². The lowest BCUT2D eigenvalue weighted by molar-refractivity contribution is 0.122. The van der Waals surface area contributed by atoms with Crippen LogP contribution in [0.1, 0.15) is 13.8 Å². The van der Waals surface area contributed by atoms with E-state index in [-0.39, 0.29) is 10.7 Å². The fourth-order valence-corrected chi connectivity index (χ4v) is 6.68. The number of benzene rings is 2. The predicted octanol–water partition coefficient (Wildman–Crippen LogP) is 5.90. The summed E-state index contributed by atoms with van der Waals surface area (Å²) in [6.45, 7) is 7.30. The molecule has 9 nitrogen and oxygen atoms in total. The van der Waals surface area contributed by atoms with Crippen molar-refractivity contribution in [3.05, 3.63) is 65.3 Å². The summed E-state index contributed by atoms with van der Waals surface area (Å²) < 4.78 is 61.8. The molecule has 216 valence electrons. The van der Waals surface area contributed by atoms with Crippen molar-refractivity contribution in [3.8, 4) is 21.8 Å². The van der Waals surface area contributed by atoms with Crippen molar-refractivity contribution in [1.82, 2.24) is 15.0 Å². The molecule has 14 heteroatoms. The number of aromatic nitrogens is 3. The van der Waals surface area contributed by atoms with Crippen molar-refractivity contribution in [2.24, 2.45) is 5.92 Å². The van der Waals surface area contributed by atoms with E-state index >= 15 is 0 Å². The lowest BCUT2D eigenvalue weighted by Crippen LogP contribution is -2.36. The topological polar surface area (TPSA) is 109 Å². The molecule has 3 heterocycles. The molecule has 0 spiro atoms. The number of hydrogen-bond donors (Lipinski definition) is 2. The predicted molar refractivity (Wildman–Crippen MR) is 157 cm³/mol. The van der Waals surface area contributed by atoms with E-state index in [9.17, 15) is 17.2 Å². The summed E-state index contributed by atoms with van der Waals surface area (Å²) in [5.41, 5.74) is 1.53. The van der Waals surface area contributed by atoms with Crippen molar-refractivity contribution in [2.45, 2.75) is 18.7 Å². The summed E-state index contributed by atoms with van der Waals surface area (Å²) in [6, 6.07) is 8.74. The smallest absolute Gasteiger partial charge is 0.264 e. The first-order valence-corrected chi connectivity index (χ1v) is 15.5. The van der Waals surface area contributed by atoms with Crippen LogP contribution >= 0.6 is 22.9 Å². The van der Waals surface area contributed by atoms with Gasteiger partial charge >= 0.3 is 0 Å². The monoisotopic (exact) mass is 620 g/mol. The fourth-order valence-electron chi connectivity index (χ4n) is 4.10. The second-order valence-electron chi connectivity index (χ2n) is 9.66. The Morgan fingerprint density at radius 1 is 1.12 bits per heavy atom. The first-order chi connectivity index (χ1) is 19.6. The second-order valence-corrected chi connectivity index (χ2v) is 12.7. The third-order valence-electron chi connectivity index (χ3n) is 6.14. The summed E-state index contributed by atoms with van der Waals surface area (Å²) in [6.07, 6.45) is 1.66. The quantitative estimate of drug-likeness (QED) is 0.238. The Hall–Kier alpha value is -3.39. The number of sulfonamides is 1. The molecule has 0 radical (unpaired) electrons. The molecule has 0 aliphatic carbocycles. The summed E-state index contributed by atoms with van der Waals surface area (Å²) in [5, 5.41) is 4.00. The van der Waals surface area contributed by atoms with Crippen LogP contribution in [0.2, 0.25) is 5.02 Å². The molecule has 0 atom stereocenters. The Kier molecular flexibility index (Phi) is 8.68. The van der Waals surface area contributed by atoms with E-state index in [0.29, 0.717) is 72.6 Å². The third kappa shape index (κ3) is 6.58. The van der Waals surface area contributed by atoms with Gasteiger partial charge in [-0.3, -0.25) is 4.72 Å². The maximum Gasteiger partial charge on any atom is 0.264 e. The highest BCUT2D eigenvalue weighted by Crippen LogP contribution is 2.44. The Morgan fingerprint density at radius 3 is 2.66 bits per heavy atom. The van der Waals surface area contributed by atoms with Crippen LogP contribution in [0.5, 0.6) is 0 Å². The largest absolute Gasteiger partial charge is 0.378 e. The van der Waals surface area contributed by atoms with Crippen LogP contribution in [0.25, 0.3) is 21.8 Å². The lowest BCUT2D eigenvalue weighted by Gasteiger charge is -2.26. The molecule has 1 aliphatic heterocycles. The molecule has 2 aromatic carbocycles. The Bertz CT molecular complexity index is 1660. The number of thiazole rings is 1. The average molecular weight is 621 g/mol. The molecule has 1 fully saturated rings. The fraction of sp³-hybridized carbons (Fsp3) is 0.296. The van der Waals surface area contributed by atoms with Crippen LogP contribution in [0.15, 0.2) is 53.6 Å². The van der Waals surface area contributed by atoms with Gasteiger partial charge in [-0.15, -0.1) is 0 Å². The van der Waals surface area contributed by atoms with E-state index < -0.39 is 26.6 Å². The van der Waals surface area contributed by atoms with Gasteiger partial charge in [-0.25, -0.2) is 32.2 Å². The minimum absolute atomic E-state index is 0.0123. The highest BCUT2D eigenvalue weighted by atomic mass is 35.5. The number of ether oxygens (including phenoxy) is 1. The molecule has 1 saturated heterocycles. The van der Waals surface area contributed by atoms with Gasteiger partial charge in [-0.1, -0.05) is 48.9 Å². The molecule has 0 unspecified atom stereocenters. The van der Waals surface area contributed by atoms with Crippen LogP contribution in [0, 0.1) is 17.6 Å². The third-order valence-corrected chi connectivity index (χ3v) is 9.06. The number of anilines is 3. The van der Waals surface area contributed by atoms with Gasteiger partial charge in [0, 0.05) is 31.4 Å². The zero-order chi connectivity index (χ0) is 29.1. The second kappa shape index (κ2) is 12.2. The van der Waals surface area contributed by atoms with Gasteiger partial charge in [0.25, 0.3) is 10.0 Å². The highest BCUT2D eigenvalue weighted by molar-refractivity contribution is 7.92. The van der Waals surface area contributed by atoms with Crippen LogP contribution < -0.4 is 14.9 Å². The number of nitrogens with one attached hydrogen (secondary N) is 2. The first-order valence-electron chi connectivity index (χ1n) is 12.8. The number of rotatable bonds is 9. The lowest BCUT2D eigenvalue weighted by atomic mass is 10.1. The van der Waals surface area contributed by atoms with Crippen molar-refractivity contribution < 1.29 is 21.9 Å². The van der Waals surface area contributed by atoms with E-state index in [1.54, 1.807) is 24.4 Å². The van der Waals surface area contributed by atoms with Gasteiger partial charge in [0.05, 0.1) is 40.2 Å². The Labute approximate surface area is 245 Å². The molecule has 4 aromatic rings. The zero-order valence-electron chi connectivity index (χ0n) is 22.2. The summed E-state index contributed by atoms with van der Waals surface area (Å²) in [5.74, 6) is -1.12. The van der Waals surface area contributed by atoms with E-state index in [2.05, 4.69) is 33.8 Å². The Balaban J connectivity index is 1.57. The van der Waals surface area contributed by atoms with Gasteiger partial charge in [0.15, 0.2) is 5.13 Å². The maximum absolute atomic E-state index is 14.3. The summed E-state index contributed by atoms with van der Waals surface area (Å²) >= 11 is 8.20. The molecule has 1 aliphatic rings. The Morgan fingerprint density at radius 2 is 1.90 bits per heavy atom. The van der Waals surface area contributed by atoms with Gasteiger partial charge in [0.2, 0.25) is 5.95 Å².